The average molecular weight is 355 g/mol. The normalized spacial score (nSPS) is 11.5. The van der Waals surface area contributed by atoms with Crippen LogP contribution in [0.2, 0.25) is 0 Å². The van der Waals surface area contributed by atoms with Crippen LogP contribution in [0.1, 0.15) is 0 Å². The van der Waals surface area contributed by atoms with Gasteiger partial charge in [0.1, 0.15) is 11.2 Å². The van der Waals surface area contributed by atoms with E-state index in [1.165, 1.54) is 29.2 Å². The molecule has 2 aromatic carbocycles. The van der Waals surface area contributed by atoms with Gasteiger partial charge in [-0.2, -0.15) is 0 Å². The molecule has 11 heteroatoms. The fraction of sp³-hybridized carbons (Fsp3) is 0. The molecular weight excluding hydrogens is 347 g/mol. The molecule has 1 heterocycles. The number of sulfonamides is 1. The van der Waals surface area contributed by atoms with Crippen molar-refractivity contribution in [3.05, 3.63) is 60.2 Å². The molecule has 0 saturated heterocycles. The van der Waals surface area contributed by atoms with E-state index < -0.39 is 32.4 Å². The number of halogens is 3. The van der Waals surface area contributed by atoms with Crippen LogP contribution < -0.4 is 4.72 Å². The first kappa shape index (κ1) is 15.9. The molecule has 0 radical (unpaired) electrons. The van der Waals surface area contributed by atoms with E-state index in [0.29, 0.717) is 17.8 Å². The van der Waals surface area contributed by atoms with Crippen LogP contribution in [0.15, 0.2) is 47.6 Å². The molecule has 0 fully saturated rings. The van der Waals surface area contributed by atoms with Crippen molar-refractivity contribution in [2.45, 2.75) is 4.90 Å². The molecule has 0 bridgehead atoms. The van der Waals surface area contributed by atoms with Crippen LogP contribution in [0.3, 0.4) is 0 Å². The zero-order valence-corrected chi connectivity index (χ0v) is 12.5. The van der Waals surface area contributed by atoms with Crippen molar-refractivity contribution in [3.63, 3.8) is 0 Å². The Labute approximate surface area is 133 Å². The number of nitrogens with zero attached hydrogens (tertiary/aromatic N) is 4. The topological polar surface area (TPSA) is 89.8 Å². The van der Waals surface area contributed by atoms with Gasteiger partial charge in [0.05, 0.1) is 11.4 Å². The van der Waals surface area contributed by atoms with E-state index in [0.717, 1.165) is 0 Å². The summed E-state index contributed by atoms with van der Waals surface area (Å²) in [5.41, 5.74) is 0.498. The van der Waals surface area contributed by atoms with Crippen molar-refractivity contribution in [2.75, 3.05) is 4.72 Å². The highest BCUT2D eigenvalue weighted by Gasteiger charge is 2.24. The lowest BCUT2D eigenvalue weighted by atomic mass is 10.3. The van der Waals surface area contributed by atoms with Crippen LogP contribution in [0.5, 0.6) is 0 Å². The zero-order valence-electron chi connectivity index (χ0n) is 11.7. The third kappa shape index (κ3) is 2.93. The first-order valence-electron chi connectivity index (χ1n) is 6.38. The van der Waals surface area contributed by atoms with Crippen LogP contribution in [0, 0.1) is 17.5 Å². The van der Waals surface area contributed by atoms with Gasteiger partial charge < -0.3 is 0 Å². The highest BCUT2D eigenvalue weighted by molar-refractivity contribution is 7.92. The Kier molecular flexibility index (Phi) is 3.93. The van der Waals surface area contributed by atoms with Crippen LogP contribution in [-0.4, -0.2) is 28.6 Å². The predicted octanol–water partition coefficient (Wildman–Crippen LogP) is 1.88. The van der Waals surface area contributed by atoms with Crippen LogP contribution in [0.4, 0.5) is 18.9 Å². The average Bonchev–Trinajstić information content (AvgIpc) is 3.06. The number of aromatic nitrogens is 4. The van der Waals surface area contributed by atoms with Crippen LogP contribution >= 0.6 is 0 Å². The molecule has 3 rings (SSSR count). The second kappa shape index (κ2) is 5.92. The van der Waals surface area contributed by atoms with Gasteiger partial charge in [-0.15, -0.1) is 5.10 Å². The predicted molar refractivity (Wildman–Crippen MR) is 76.3 cm³/mol. The van der Waals surface area contributed by atoms with E-state index in [1.807, 2.05) is 0 Å². The summed E-state index contributed by atoms with van der Waals surface area (Å²) in [4.78, 5) is -1.01. The molecule has 7 nitrogen and oxygen atoms in total. The van der Waals surface area contributed by atoms with Crippen molar-refractivity contribution < 1.29 is 21.6 Å². The summed E-state index contributed by atoms with van der Waals surface area (Å²) in [6, 6.07) is 7.06. The minimum atomic E-state index is -4.46. The van der Waals surface area contributed by atoms with Gasteiger partial charge in [-0.1, -0.05) is 6.07 Å². The highest BCUT2D eigenvalue weighted by Crippen LogP contribution is 2.23. The van der Waals surface area contributed by atoms with Crippen molar-refractivity contribution in [1.82, 2.24) is 20.2 Å². The fourth-order valence-electron chi connectivity index (χ4n) is 1.92. The van der Waals surface area contributed by atoms with E-state index in [9.17, 15) is 21.6 Å². The molecule has 0 aliphatic heterocycles. The first-order chi connectivity index (χ1) is 11.4. The summed E-state index contributed by atoms with van der Waals surface area (Å²) in [7, 11) is -4.46. The van der Waals surface area contributed by atoms with Crippen LogP contribution in [-0.2, 0) is 10.0 Å². The lowest BCUT2D eigenvalue weighted by Gasteiger charge is -2.10. The standard InChI is InChI=1S/C13H8F3N5O2S/c14-10-4-5-11(13(16)12(10)15)24(22,23)18-8-2-1-3-9(6-8)21-7-17-19-20-21/h1-7,18H. The Morgan fingerprint density at radius 1 is 1.04 bits per heavy atom. The molecule has 124 valence electrons. The Balaban J connectivity index is 1.96. The molecule has 0 saturated carbocycles. The Hall–Kier alpha value is -2.95. The molecular formula is C13H8F3N5O2S. The molecule has 1 aromatic heterocycles. The van der Waals surface area contributed by atoms with Gasteiger partial charge in [-0.25, -0.2) is 26.3 Å². The van der Waals surface area contributed by atoms with Crippen molar-refractivity contribution in [2.24, 2.45) is 0 Å². The maximum absolute atomic E-state index is 13.7. The number of hydrogen-bond donors (Lipinski definition) is 1. The van der Waals surface area contributed by atoms with E-state index in [1.54, 1.807) is 6.07 Å². The second-order valence-corrected chi connectivity index (χ2v) is 6.23. The molecule has 1 N–H and O–H groups in total. The molecule has 0 spiro atoms. The Morgan fingerprint density at radius 3 is 2.54 bits per heavy atom. The number of anilines is 1. The van der Waals surface area contributed by atoms with Crippen molar-refractivity contribution in [1.29, 1.82) is 0 Å². The van der Waals surface area contributed by atoms with Gasteiger partial charge in [-0.3, -0.25) is 4.72 Å². The molecule has 0 unspecified atom stereocenters. The molecule has 24 heavy (non-hydrogen) atoms. The summed E-state index contributed by atoms with van der Waals surface area (Å²) in [6.45, 7) is 0. The number of tetrazole rings is 1. The van der Waals surface area contributed by atoms with E-state index in [2.05, 4.69) is 20.2 Å². The fourth-order valence-corrected chi connectivity index (χ4v) is 3.04. The monoisotopic (exact) mass is 355 g/mol. The second-order valence-electron chi connectivity index (χ2n) is 4.58. The van der Waals surface area contributed by atoms with E-state index >= 15 is 0 Å². The maximum atomic E-state index is 13.7. The summed E-state index contributed by atoms with van der Waals surface area (Å²) in [5, 5.41) is 10.5. The summed E-state index contributed by atoms with van der Waals surface area (Å²) in [5.74, 6) is -5.13. The molecule has 0 aliphatic rings. The van der Waals surface area contributed by atoms with Gasteiger partial charge in [0.2, 0.25) is 0 Å². The molecule has 0 aliphatic carbocycles. The number of rotatable bonds is 4. The van der Waals surface area contributed by atoms with Gasteiger partial charge in [0.15, 0.2) is 17.5 Å². The molecule has 0 atom stereocenters. The Morgan fingerprint density at radius 2 is 1.83 bits per heavy atom. The lowest BCUT2D eigenvalue weighted by molar-refractivity contribution is 0.432. The highest BCUT2D eigenvalue weighted by atomic mass is 32.2. The van der Waals surface area contributed by atoms with Gasteiger partial charge in [0.25, 0.3) is 10.0 Å². The summed E-state index contributed by atoms with van der Waals surface area (Å²) >= 11 is 0. The minimum absolute atomic E-state index is 0.0622. The third-order valence-corrected chi connectivity index (χ3v) is 4.40. The summed E-state index contributed by atoms with van der Waals surface area (Å²) in [6.07, 6.45) is 1.29. The third-order valence-electron chi connectivity index (χ3n) is 3.00. The number of hydrogen-bond acceptors (Lipinski definition) is 5. The lowest BCUT2D eigenvalue weighted by Crippen LogP contribution is -2.16. The van der Waals surface area contributed by atoms with Gasteiger partial charge in [0, 0.05) is 0 Å². The molecule has 3 aromatic rings. The molecule has 0 amide bonds. The smallest absolute Gasteiger partial charge is 0.264 e. The number of benzene rings is 2. The van der Waals surface area contributed by atoms with Crippen molar-refractivity contribution >= 4 is 15.7 Å². The van der Waals surface area contributed by atoms with Gasteiger partial charge in [-0.05, 0) is 40.8 Å². The van der Waals surface area contributed by atoms with Gasteiger partial charge >= 0.3 is 0 Å². The number of nitrogens with one attached hydrogen (secondary N) is 1. The van der Waals surface area contributed by atoms with E-state index in [4.69, 9.17) is 0 Å². The van der Waals surface area contributed by atoms with E-state index in [-0.39, 0.29) is 5.69 Å². The summed E-state index contributed by atoms with van der Waals surface area (Å²) < 4.78 is 67.6. The Bertz CT molecular complexity index is 993. The maximum Gasteiger partial charge on any atom is 0.264 e. The minimum Gasteiger partial charge on any atom is -0.279 e. The zero-order chi connectivity index (χ0) is 17.3. The van der Waals surface area contributed by atoms with Crippen molar-refractivity contribution in [3.8, 4) is 5.69 Å². The quantitative estimate of drug-likeness (QED) is 0.722. The van der Waals surface area contributed by atoms with Crippen LogP contribution in [0.25, 0.3) is 5.69 Å². The first-order valence-corrected chi connectivity index (χ1v) is 7.86. The SMILES string of the molecule is O=S(=O)(Nc1cccc(-n2cnnn2)c1)c1ccc(F)c(F)c1F. The largest absolute Gasteiger partial charge is 0.279 e.